The number of nitrogens with two attached hydrogens (primary N) is 1. The van der Waals surface area contributed by atoms with Crippen LogP contribution in [0.4, 0.5) is 0 Å². The first kappa shape index (κ1) is 12.3. The van der Waals surface area contributed by atoms with Crippen LogP contribution in [0.5, 0.6) is 0 Å². The van der Waals surface area contributed by atoms with Crippen LogP contribution in [0.25, 0.3) is 21.3 Å². The van der Waals surface area contributed by atoms with Crippen molar-refractivity contribution < 1.29 is 0 Å². The van der Waals surface area contributed by atoms with Gasteiger partial charge < -0.3 is 5.73 Å². The zero-order valence-electron chi connectivity index (χ0n) is 10.7. The SMILES string of the molecule is NCCCc1nc2ccc(-c3ccccc3)cc2s1. The van der Waals surface area contributed by atoms with E-state index in [4.69, 9.17) is 5.73 Å². The van der Waals surface area contributed by atoms with E-state index in [9.17, 15) is 0 Å². The number of rotatable bonds is 4. The molecule has 0 bridgehead atoms. The first-order valence-electron chi connectivity index (χ1n) is 6.52. The molecule has 3 rings (SSSR count). The fraction of sp³-hybridized carbons (Fsp3) is 0.188. The molecule has 0 saturated carbocycles. The number of benzene rings is 2. The highest BCUT2D eigenvalue weighted by atomic mass is 32.1. The van der Waals surface area contributed by atoms with Gasteiger partial charge in [-0.3, -0.25) is 0 Å². The monoisotopic (exact) mass is 268 g/mol. The van der Waals surface area contributed by atoms with Crippen LogP contribution < -0.4 is 5.73 Å². The van der Waals surface area contributed by atoms with Gasteiger partial charge in [0.1, 0.15) is 0 Å². The summed E-state index contributed by atoms with van der Waals surface area (Å²) in [5, 5.41) is 1.19. The molecule has 0 aliphatic rings. The van der Waals surface area contributed by atoms with Gasteiger partial charge in [0.15, 0.2) is 0 Å². The number of aryl methyl sites for hydroxylation is 1. The van der Waals surface area contributed by atoms with Crippen LogP contribution >= 0.6 is 11.3 Å². The molecule has 3 heteroatoms. The van der Waals surface area contributed by atoms with Gasteiger partial charge in [-0.15, -0.1) is 11.3 Å². The summed E-state index contributed by atoms with van der Waals surface area (Å²) >= 11 is 1.78. The molecule has 0 radical (unpaired) electrons. The molecule has 96 valence electrons. The normalized spacial score (nSPS) is 11.0. The van der Waals surface area contributed by atoms with Crippen LogP contribution in [0.1, 0.15) is 11.4 Å². The number of thiazole rings is 1. The molecule has 0 amide bonds. The lowest BCUT2D eigenvalue weighted by Gasteiger charge is -2.00. The molecule has 3 aromatic rings. The second kappa shape index (κ2) is 5.51. The minimum Gasteiger partial charge on any atom is -0.330 e. The molecule has 0 aliphatic carbocycles. The van der Waals surface area contributed by atoms with E-state index in [1.165, 1.54) is 20.8 Å². The molecule has 2 N–H and O–H groups in total. The van der Waals surface area contributed by atoms with Gasteiger partial charge in [0.25, 0.3) is 0 Å². The summed E-state index contributed by atoms with van der Waals surface area (Å²) in [5.41, 5.74) is 9.14. The van der Waals surface area contributed by atoms with Gasteiger partial charge in [0, 0.05) is 6.42 Å². The Hall–Kier alpha value is -1.71. The van der Waals surface area contributed by atoms with E-state index < -0.39 is 0 Å². The molecule has 1 heterocycles. The molecular formula is C16H16N2S. The number of fused-ring (bicyclic) bond motifs is 1. The molecule has 1 aromatic heterocycles. The maximum Gasteiger partial charge on any atom is 0.0939 e. The Bertz CT molecular complexity index is 674. The fourth-order valence-electron chi connectivity index (χ4n) is 2.14. The number of nitrogens with zero attached hydrogens (tertiary/aromatic N) is 1. The zero-order valence-corrected chi connectivity index (χ0v) is 11.5. The highest BCUT2D eigenvalue weighted by molar-refractivity contribution is 7.18. The van der Waals surface area contributed by atoms with Gasteiger partial charge in [-0.05, 0) is 36.2 Å². The number of hydrogen-bond donors (Lipinski definition) is 1. The third kappa shape index (κ3) is 2.67. The lowest BCUT2D eigenvalue weighted by Crippen LogP contribution is -1.99. The summed E-state index contributed by atoms with van der Waals surface area (Å²) in [6.45, 7) is 0.727. The van der Waals surface area contributed by atoms with Crippen molar-refractivity contribution in [2.75, 3.05) is 6.54 Å². The second-order valence-electron chi connectivity index (χ2n) is 4.55. The van der Waals surface area contributed by atoms with Crippen molar-refractivity contribution in [2.24, 2.45) is 5.73 Å². The predicted octanol–water partition coefficient (Wildman–Crippen LogP) is 3.85. The third-order valence-electron chi connectivity index (χ3n) is 3.13. The average Bonchev–Trinajstić information content (AvgIpc) is 2.87. The number of hydrogen-bond acceptors (Lipinski definition) is 3. The smallest absolute Gasteiger partial charge is 0.0939 e. The van der Waals surface area contributed by atoms with E-state index in [0.717, 1.165) is 24.9 Å². The van der Waals surface area contributed by atoms with Gasteiger partial charge in [0.2, 0.25) is 0 Å². The van der Waals surface area contributed by atoms with Crippen molar-refractivity contribution in [1.82, 2.24) is 4.98 Å². The molecule has 0 unspecified atom stereocenters. The highest BCUT2D eigenvalue weighted by Crippen LogP contribution is 2.28. The molecule has 2 nitrogen and oxygen atoms in total. The summed E-state index contributed by atoms with van der Waals surface area (Å²) in [4.78, 5) is 4.65. The minimum atomic E-state index is 0.727. The zero-order chi connectivity index (χ0) is 13.1. The van der Waals surface area contributed by atoms with E-state index in [0.29, 0.717) is 0 Å². The largest absolute Gasteiger partial charge is 0.330 e. The standard InChI is InChI=1S/C16H16N2S/c17-10-4-7-16-18-14-9-8-13(11-15(14)19-16)12-5-2-1-3-6-12/h1-3,5-6,8-9,11H,4,7,10,17H2. The van der Waals surface area contributed by atoms with Crippen LogP contribution in [0.15, 0.2) is 48.5 Å². The molecule has 0 spiro atoms. The lowest BCUT2D eigenvalue weighted by atomic mass is 10.1. The third-order valence-corrected chi connectivity index (χ3v) is 4.21. The molecule has 0 atom stereocenters. The Morgan fingerprint density at radius 3 is 2.63 bits per heavy atom. The van der Waals surface area contributed by atoms with E-state index >= 15 is 0 Å². The fourth-order valence-corrected chi connectivity index (χ4v) is 3.19. The molecule has 0 aliphatic heterocycles. The van der Waals surface area contributed by atoms with Crippen molar-refractivity contribution in [3.63, 3.8) is 0 Å². The maximum absolute atomic E-state index is 5.55. The summed E-state index contributed by atoms with van der Waals surface area (Å²) in [6, 6.07) is 16.9. The van der Waals surface area contributed by atoms with Gasteiger partial charge >= 0.3 is 0 Å². The first-order chi connectivity index (χ1) is 9.36. The molecular weight excluding hydrogens is 252 g/mol. The van der Waals surface area contributed by atoms with Gasteiger partial charge in [0.05, 0.1) is 15.2 Å². The minimum absolute atomic E-state index is 0.727. The van der Waals surface area contributed by atoms with Crippen LogP contribution in [-0.4, -0.2) is 11.5 Å². The lowest BCUT2D eigenvalue weighted by molar-refractivity contribution is 0.828. The van der Waals surface area contributed by atoms with Crippen molar-refractivity contribution in [3.8, 4) is 11.1 Å². The van der Waals surface area contributed by atoms with Crippen molar-refractivity contribution in [2.45, 2.75) is 12.8 Å². The number of aromatic nitrogens is 1. The van der Waals surface area contributed by atoms with Crippen LogP contribution in [0.3, 0.4) is 0 Å². The topological polar surface area (TPSA) is 38.9 Å². The molecule has 2 aromatic carbocycles. The average molecular weight is 268 g/mol. The van der Waals surface area contributed by atoms with Crippen LogP contribution in [-0.2, 0) is 6.42 Å². The maximum atomic E-state index is 5.55. The van der Waals surface area contributed by atoms with E-state index in [2.05, 4.69) is 47.4 Å². The van der Waals surface area contributed by atoms with Crippen molar-refractivity contribution >= 4 is 21.6 Å². The predicted molar refractivity (Wildman–Crippen MR) is 82.4 cm³/mol. The molecule has 19 heavy (non-hydrogen) atoms. The Kier molecular flexibility index (Phi) is 3.58. The van der Waals surface area contributed by atoms with E-state index in [1.807, 2.05) is 6.07 Å². The molecule has 0 fully saturated rings. The van der Waals surface area contributed by atoms with E-state index in [-0.39, 0.29) is 0 Å². The van der Waals surface area contributed by atoms with Crippen molar-refractivity contribution in [3.05, 3.63) is 53.5 Å². The summed E-state index contributed by atoms with van der Waals surface area (Å²) < 4.78 is 1.26. The van der Waals surface area contributed by atoms with Crippen LogP contribution in [0.2, 0.25) is 0 Å². The van der Waals surface area contributed by atoms with Gasteiger partial charge in [-0.1, -0.05) is 36.4 Å². The summed E-state index contributed by atoms with van der Waals surface area (Å²) in [7, 11) is 0. The Labute approximate surface area is 116 Å². The Balaban J connectivity index is 1.97. The summed E-state index contributed by atoms with van der Waals surface area (Å²) in [6.07, 6.45) is 1.99. The van der Waals surface area contributed by atoms with Gasteiger partial charge in [-0.25, -0.2) is 4.98 Å². The Morgan fingerprint density at radius 2 is 1.84 bits per heavy atom. The quantitative estimate of drug-likeness (QED) is 0.780. The highest BCUT2D eigenvalue weighted by Gasteiger charge is 2.05. The Morgan fingerprint density at radius 1 is 1.00 bits per heavy atom. The van der Waals surface area contributed by atoms with Crippen LogP contribution in [0, 0.1) is 0 Å². The van der Waals surface area contributed by atoms with Crippen molar-refractivity contribution in [1.29, 1.82) is 0 Å². The van der Waals surface area contributed by atoms with Gasteiger partial charge in [-0.2, -0.15) is 0 Å². The first-order valence-corrected chi connectivity index (χ1v) is 7.33. The second-order valence-corrected chi connectivity index (χ2v) is 5.66. The molecule has 0 saturated heterocycles. The summed E-state index contributed by atoms with van der Waals surface area (Å²) in [5.74, 6) is 0. The van der Waals surface area contributed by atoms with E-state index in [1.54, 1.807) is 11.3 Å².